The maximum Gasteiger partial charge on any atom is 0.436 e. The molecular formula is C20H18F3N9O2. The van der Waals surface area contributed by atoms with Crippen molar-refractivity contribution < 1.29 is 22.8 Å². The maximum atomic E-state index is 13.2. The van der Waals surface area contributed by atoms with Crippen molar-refractivity contribution in [1.82, 2.24) is 34.5 Å². The lowest BCUT2D eigenvalue weighted by Gasteiger charge is -2.07. The van der Waals surface area contributed by atoms with Crippen LogP contribution in [0.15, 0.2) is 37.1 Å². The summed E-state index contributed by atoms with van der Waals surface area (Å²) >= 11 is 0. The van der Waals surface area contributed by atoms with E-state index in [0.29, 0.717) is 22.8 Å². The zero-order valence-corrected chi connectivity index (χ0v) is 17.9. The molecule has 0 atom stereocenters. The van der Waals surface area contributed by atoms with Gasteiger partial charge in [0.2, 0.25) is 11.9 Å². The van der Waals surface area contributed by atoms with Gasteiger partial charge in [0.25, 0.3) is 0 Å². The normalized spacial score (nSPS) is 11.8. The van der Waals surface area contributed by atoms with Gasteiger partial charge in [-0.2, -0.15) is 18.2 Å². The first-order valence-electron chi connectivity index (χ1n) is 9.93. The molecule has 0 unspecified atom stereocenters. The van der Waals surface area contributed by atoms with E-state index in [1.54, 1.807) is 10.8 Å². The third-order valence-corrected chi connectivity index (χ3v) is 4.81. The number of nitrogens with one attached hydrogen (secondary N) is 1. The van der Waals surface area contributed by atoms with Crippen LogP contribution in [0.5, 0.6) is 0 Å². The summed E-state index contributed by atoms with van der Waals surface area (Å²) in [6, 6.07) is 1.41. The predicted octanol–water partition coefficient (Wildman–Crippen LogP) is 2.47. The Hall–Kier alpha value is -4.36. The number of carbonyl (C=O) groups excluding carboxylic acids is 2. The Morgan fingerprint density at radius 2 is 1.94 bits per heavy atom. The molecule has 0 aliphatic rings. The standard InChI is InChI=1S/C20H18F3N9O2/c1-10(2)32-7-14(13-6-26-19(24)28-18(13)32)17(34)11-3-12(5-25-4-11)27-16(33)9-31-8-15(29-30-31)20(21,22)23/h3-8,10H,9H2,1-2H3,(H,27,33)(H2,24,26,28). The number of halogens is 3. The van der Waals surface area contributed by atoms with Crippen molar-refractivity contribution >= 4 is 34.4 Å². The number of nitrogens with zero attached hydrogens (tertiary/aromatic N) is 7. The molecule has 3 N–H and O–H groups in total. The van der Waals surface area contributed by atoms with Crippen LogP contribution in [-0.4, -0.2) is 46.2 Å². The van der Waals surface area contributed by atoms with Crippen LogP contribution in [0.1, 0.15) is 41.5 Å². The van der Waals surface area contributed by atoms with E-state index in [0.717, 1.165) is 4.68 Å². The molecule has 0 aliphatic heterocycles. The quantitative estimate of drug-likeness (QED) is 0.406. The number of fused-ring (bicyclic) bond motifs is 1. The van der Waals surface area contributed by atoms with Crippen LogP contribution >= 0.6 is 0 Å². The Morgan fingerprint density at radius 3 is 2.62 bits per heavy atom. The van der Waals surface area contributed by atoms with Gasteiger partial charge in [-0.25, -0.2) is 9.67 Å². The van der Waals surface area contributed by atoms with E-state index >= 15 is 0 Å². The summed E-state index contributed by atoms with van der Waals surface area (Å²) in [5.74, 6) is -0.981. The molecule has 11 nitrogen and oxygen atoms in total. The fourth-order valence-electron chi connectivity index (χ4n) is 3.26. The highest BCUT2D eigenvalue weighted by atomic mass is 19.4. The number of hydrogen-bond acceptors (Lipinski definition) is 8. The Labute approximate surface area is 189 Å². The molecule has 4 aromatic heterocycles. The van der Waals surface area contributed by atoms with Crippen LogP contribution in [0.2, 0.25) is 0 Å². The Kier molecular flexibility index (Phi) is 5.73. The predicted molar refractivity (Wildman–Crippen MR) is 114 cm³/mol. The fourth-order valence-corrected chi connectivity index (χ4v) is 3.26. The number of nitrogens with two attached hydrogens (primary N) is 1. The highest BCUT2D eigenvalue weighted by Crippen LogP contribution is 2.27. The van der Waals surface area contributed by atoms with Gasteiger partial charge in [-0.05, 0) is 19.9 Å². The average molecular weight is 473 g/mol. The van der Waals surface area contributed by atoms with Crippen molar-refractivity contribution in [3.63, 3.8) is 0 Å². The molecule has 0 aromatic carbocycles. The molecule has 0 radical (unpaired) electrons. The van der Waals surface area contributed by atoms with Gasteiger partial charge in [0, 0.05) is 35.6 Å². The number of aromatic nitrogens is 7. The molecule has 0 bridgehead atoms. The van der Waals surface area contributed by atoms with Crippen LogP contribution in [0.4, 0.5) is 24.8 Å². The van der Waals surface area contributed by atoms with Gasteiger partial charge in [0.15, 0.2) is 11.5 Å². The van der Waals surface area contributed by atoms with Gasteiger partial charge in [0.05, 0.1) is 23.6 Å². The lowest BCUT2D eigenvalue weighted by atomic mass is 10.1. The molecule has 0 spiro atoms. The summed E-state index contributed by atoms with van der Waals surface area (Å²) in [4.78, 5) is 37.7. The zero-order valence-electron chi connectivity index (χ0n) is 17.9. The molecule has 34 heavy (non-hydrogen) atoms. The molecule has 0 aliphatic carbocycles. The number of carbonyl (C=O) groups is 2. The van der Waals surface area contributed by atoms with Crippen LogP contribution in [0.3, 0.4) is 0 Å². The first-order valence-corrected chi connectivity index (χ1v) is 9.93. The van der Waals surface area contributed by atoms with E-state index in [-0.39, 0.29) is 29.0 Å². The van der Waals surface area contributed by atoms with Crippen molar-refractivity contribution in [2.45, 2.75) is 32.6 Å². The van der Waals surface area contributed by atoms with Crippen molar-refractivity contribution in [3.8, 4) is 0 Å². The molecule has 4 rings (SSSR count). The second-order valence-corrected chi connectivity index (χ2v) is 7.65. The summed E-state index contributed by atoms with van der Waals surface area (Å²) in [7, 11) is 0. The summed E-state index contributed by atoms with van der Waals surface area (Å²) in [5, 5.41) is 9.28. The number of anilines is 2. The first-order chi connectivity index (χ1) is 16.0. The van der Waals surface area contributed by atoms with Gasteiger partial charge >= 0.3 is 6.18 Å². The zero-order chi connectivity index (χ0) is 24.6. The Morgan fingerprint density at radius 1 is 1.18 bits per heavy atom. The number of amides is 1. The van der Waals surface area contributed by atoms with E-state index in [9.17, 15) is 22.8 Å². The lowest BCUT2D eigenvalue weighted by Crippen LogP contribution is -2.19. The number of nitrogen functional groups attached to an aromatic ring is 1. The van der Waals surface area contributed by atoms with Gasteiger partial charge in [-0.1, -0.05) is 5.21 Å². The summed E-state index contributed by atoms with van der Waals surface area (Å²) in [6.07, 6.45) is 1.72. The molecule has 0 fully saturated rings. The van der Waals surface area contributed by atoms with Gasteiger partial charge in [-0.15, -0.1) is 5.10 Å². The number of ketones is 1. The number of hydrogen-bond donors (Lipinski definition) is 2. The van der Waals surface area contributed by atoms with Crippen LogP contribution in [-0.2, 0) is 17.5 Å². The SMILES string of the molecule is CC(C)n1cc(C(=O)c2cncc(NC(=O)Cn3cc(C(F)(F)F)nn3)c2)c2cnc(N)nc21. The molecule has 14 heteroatoms. The lowest BCUT2D eigenvalue weighted by molar-refractivity contribution is -0.141. The number of rotatable bonds is 6. The van der Waals surface area contributed by atoms with Crippen molar-refractivity contribution in [1.29, 1.82) is 0 Å². The van der Waals surface area contributed by atoms with Crippen LogP contribution in [0, 0.1) is 0 Å². The van der Waals surface area contributed by atoms with Crippen molar-refractivity contribution in [2.75, 3.05) is 11.1 Å². The molecular weight excluding hydrogens is 455 g/mol. The minimum absolute atomic E-state index is 0.00301. The third kappa shape index (κ3) is 4.55. The number of alkyl halides is 3. The van der Waals surface area contributed by atoms with Crippen molar-refractivity contribution in [2.24, 2.45) is 0 Å². The molecule has 0 saturated carbocycles. The second-order valence-electron chi connectivity index (χ2n) is 7.65. The monoisotopic (exact) mass is 473 g/mol. The summed E-state index contributed by atoms with van der Waals surface area (Å²) < 4.78 is 40.5. The summed E-state index contributed by atoms with van der Waals surface area (Å²) in [6.45, 7) is 3.34. The highest BCUT2D eigenvalue weighted by Gasteiger charge is 2.34. The van der Waals surface area contributed by atoms with Gasteiger partial charge < -0.3 is 15.6 Å². The third-order valence-electron chi connectivity index (χ3n) is 4.81. The number of pyridine rings is 1. The maximum absolute atomic E-state index is 13.2. The van der Waals surface area contributed by atoms with Crippen molar-refractivity contribution in [3.05, 3.63) is 53.9 Å². The largest absolute Gasteiger partial charge is 0.436 e. The topological polar surface area (TPSA) is 146 Å². The summed E-state index contributed by atoms with van der Waals surface area (Å²) in [5.41, 5.74) is 5.69. The molecule has 1 amide bonds. The van der Waals surface area contributed by atoms with E-state index in [1.165, 1.54) is 24.7 Å². The van der Waals surface area contributed by atoms with E-state index in [4.69, 9.17) is 5.73 Å². The van der Waals surface area contributed by atoms with E-state index in [1.807, 2.05) is 13.8 Å². The molecule has 4 heterocycles. The van der Waals surface area contributed by atoms with Crippen LogP contribution < -0.4 is 11.1 Å². The molecule has 0 saturated heterocycles. The Bertz CT molecular complexity index is 1390. The Balaban J connectivity index is 1.55. The second kappa shape index (κ2) is 8.53. The first kappa shape index (κ1) is 22.8. The minimum Gasteiger partial charge on any atom is -0.368 e. The molecule has 4 aromatic rings. The van der Waals surface area contributed by atoms with E-state index < -0.39 is 24.3 Å². The van der Waals surface area contributed by atoms with E-state index in [2.05, 4.69) is 30.6 Å². The van der Waals surface area contributed by atoms with Crippen LogP contribution in [0.25, 0.3) is 11.0 Å². The molecule has 176 valence electrons. The fraction of sp³-hybridized carbons (Fsp3) is 0.250. The average Bonchev–Trinajstić information content (AvgIpc) is 3.38. The highest BCUT2D eigenvalue weighted by molar-refractivity contribution is 6.16. The van der Waals surface area contributed by atoms with Gasteiger partial charge in [0.1, 0.15) is 12.2 Å². The minimum atomic E-state index is -4.66. The smallest absolute Gasteiger partial charge is 0.368 e. The van der Waals surface area contributed by atoms with Gasteiger partial charge in [-0.3, -0.25) is 14.6 Å².